The molecule has 5 heteroatoms. The molecule has 0 saturated heterocycles. The number of hydrogen-bond acceptors (Lipinski definition) is 4. The minimum atomic E-state index is -0.545. The van der Waals surface area contributed by atoms with Gasteiger partial charge in [0.05, 0.1) is 16.6 Å². The Morgan fingerprint density at radius 2 is 1.86 bits per heavy atom. The normalized spacial score (nSPS) is 9.90. The van der Waals surface area contributed by atoms with Crippen LogP contribution in [0.5, 0.6) is 5.75 Å². The lowest BCUT2D eigenvalue weighted by Crippen LogP contribution is -1.99. The number of nitrogens with zero attached hydrogens (tertiary/aromatic N) is 2. The summed E-state index contributed by atoms with van der Waals surface area (Å²) in [6.45, 7) is 2.32. The second-order valence-corrected chi connectivity index (χ2v) is 4.51. The van der Waals surface area contributed by atoms with Crippen molar-refractivity contribution in [1.82, 2.24) is 0 Å². The molecule has 0 spiro atoms. The van der Waals surface area contributed by atoms with Crippen LogP contribution >= 0.6 is 0 Å². The van der Waals surface area contributed by atoms with E-state index in [4.69, 9.17) is 10.00 Å². The molecule has 0 amide bonds. The van der Waals surface area contributed by atoms with Gasteiger partial charge < -0.3 is 4.74 Å². The third-order valence-corrected chi connectivity index (χ3v) is 3.11. The second kappa shape index (κ2) is 6.53. The van der Waals surface area contributed by atoms with Gasteiger partial charge in [0.1, 0.15) is 6.61 Å². The van der Waals surface area contributed by atoms with Crippen molar-refractivity contribution in [3.63, 3.8) is 0 Å². The molecule has 0 unspecified atom stereocenters. The van der Waals surface area contributed by atoms with Gasteiger partial charge in [-0.3, -0.25) is 10.1 Å². The molecule has 0 bridgehead atoms. The molecule has 0 N–H and O–H groups in total. The van der Waals surface area contributed by atoms with Gasteiger partial charge in [-0.05, 0) is 29.7 Å². The average Bonchev–Trinajstić information content (AvgIpc) is 2.53. The van der Waals surface area contributed by atoms with Crippen LogP contribution in [0.15, 0.2) is 42.5 Å². The smallest absolute Gasteiger partial charge is 0.312 e. The van der Waals surface area contributed by atoms with Gasteiger partial charge in [0, 0.05) is 6.07 Å². The minimum absolute atomic E-state index is 0.165. The van der Waals surface area contributed by atoms with Crippen molar-refractivity contribution >= 4 is 5.69 Å². The number of aryl methyl sites for hydroxylation is 1. The summed E-state index contributed by atoms with van der Waals surface area (Å²) in [5.74, 6) is 0.165. The molecule has 5 nitrogen and oxygen atoms in total. The molecule has 0 fully saturated rings. The van der Waals surface area contributed by atoms with E-state index in [1.165, 1.54) is 23.8 Å². The van der Waals surface area contributed by atoms with Crippen LogP contribution in [-0.4, -0.2) is 4.92 Å². The predicted molar refractivity (Wildman–Crippen MR) is 78.0 cm³/mol. The number of nitro groups is 1. The van der Waals surface area contributed by atoms with Gasteiger partial charge in [0.15, 0.2) is 5.75 Å². The molecular weight excluding hydrogens is 268 g/mol. The van der Waals surface area contributed by atoms with Crippen molar-refractivity contribution < 1.29 is 9.66 Å². The van der Waals surface area contributed by atoms with Gasteiger partial charge in [0.2, 0.25) is 0 Å². The zero-order valence-corrected chi connectivity index (χ0v) is 11.6. The van der Waals surface area contributed by atoms with Crippen LogP contribution in [0.4, 0.5) is 5.69 Å². The maximum absolute atomic E-state index is 11.0. The number of rotatable bonds is 5. The quantitative estimate of drug-likeness (QED) is 0.620. The molecule has 0 aliphatic heterocycles. The topological polar surface area (TPSA) is 76.2 Å². The fraction of sp³-hybridized carbons (Fsp3) is 0.188. The fourth-order valence-corrected chi connectivity index (χ4v) is 1.88. The molecule has 0 radical (unpaired) electrons. The van der Waals surface area contributed by atoms with Gasteiger partial charge in [-0.1, -0.05) is 31.2 Å². The zero-order chi connectivity index (χ0) is 15.2. The van der Waals surface area contributed by atoms with Crippen molar-refractivity contribution in [2.75, 3.05) is 0 Å². The molecule has 2 rings (SSSR count). The third kappa shape index (κ3) is 3.57. The average molecular weight is 282 g/mol. The largest absolute Gasteiger partial charge is 0.482 e. The van der Waals surface area contributed by atoms with E-state index in [-0.39, 0.29) is 23.6 Å². The highest BCUT2D eigenvalue weighted by atomic mass is 16.6. The number of nitro benzene ring substituents is 1. The summed E-state index contributed by atoms with van der Waals surface area (Å²) in [5, 5.41) is 19.8. The summed E-state index contributed by atoms with van der Waals surface area (Å²) in [6, 6.07) is 13.9. The number of nitriles is 1. The lowest BCUT2D eigenvalue weighted by Gasteiger charge is -2.07. The Morgan fingerprint density at radius 1 is 1.19 bits per heavy atom. The molecule has 0 aliphatic carbocycles. The monoisotopic (exact) mass is 282 g/mol. The predicted octanol–water partition coefficient (Wildman–Crippen LogP) is 3.61. The van der Waals surface area contributed by atoms with E-state index in [1.807, 2.05) is 30.3 Å². The molecule has 21 heavy (non-hydrogen) atoms. The molecule has 0 saturated carbocycles. The van der Waals surface area contributed by atoms with Gasteiger partial charge in [0.25, 0.3) is 0 Å². The summed E-state index contributed by atoms with van der Waals surface area (Å²) >= 11 is 0. The number of benzene rings is 2. The molecule has 2 aromatic carbocycles. The Balaban J connectivity index is 2.15. The van der Waals surface area contributed by atoms with E-state index in [9.17, 15) is 10.1 Å². The van der Waals surface area contributed by atoms with Gasteiger partial charge in [-0.15, -0.1) is 0 Å². The van der Waals surface area contributed by atoms with Crippen molar-refractivity contribution in [2.45, 2.75) is 20.0 Å². The summed E-state index contributed by atoms with van der Waals surface area (Å²) in [7, 11) is 0. The molecular formula is C16H14N2O3. The van der Waals surface area contributed by atoms with Crippen LogP contribution in [0.2, 0.25) is 0 Å². The summed E-state index contributed by atoms with van der Waals surface area (Å²) in [6.07, 6.45) is 0.961. The van der Waals surface area contributed by atoms with E-state index in [0.717, 1.165) is 12.0 Å². The summed E-state index contributed by atoms with van der Waals surface area (Å²) in [5.41, 5.74) is 2.20. The van der Waals surface area contributed by atoms with Crippen LogP contribution in [0.3, 0.4) is 0 Å². The molecule has 0 aliphatic rings. The van der Waals surface area contributed by atoms with Crippen molar-refractivity contribution in [2.24, 2.45) is 0 Å². The highest BCUT2D eigenvalue weighted by Gasteiger charge is 2.16. The Labute approximate surface area is 122 Å². The van der Waals surface area contributed by atoms with Crippen LogP contribution in [0.25, 0.3) is 0 Å². The lowest BCUT2D eigenvalue weighted by atomic mass is 10.1. The first kappa shape index (κ1) is 14.5. The van der Waals surface area contributed by atoms with Gasteiger partial charge in [-0.25, -0.2) is 0 Å². The highest BCUT2D eigenvalue weighted by molar-refractivity contribution is 5.51. The number of hydrogen-bond donors (Lipinski definition) is 0. The lowest BCUT2D eigenvalue weighted by molar-refractivity contribution is -0.386. The fourth-order valence-electron chi connectivity index (χ4n) is 1.88. The van der Waals surface area contributed by atoms with Crippen molar-refractivity contribution in [3.8, 4) is 11.8 Å². The molecule has 0 heterocycles. The molecule has 106 valence electrons. The Kier molecular flexibility index (Phi) is 4.52. The minimum Gasteiger partial charge on any atom is -0.482 e. The van der Waals surface area contributed by atoms with E-state index in [0.29, 0.717) is 0 Å². The Bertz CT molecular complexity index is 688. The first-order chi connectivity index (χ1) is 10.1. The first-order valence-electron chi connectivity index (χ1n) is 6.53. The number of ether oxygens (including phenoxy) is 1. The van der Waals surface area contributed by atoms with Crippen LogP contribution in [0, 0.1) is 21.4 Å². The van der Waals surface area contributed by atoms with E-state index >= 15 is 0 Å². The SMILES string of the molecule is CCc1ccc(COc2ccc(C#N)cc2[N+](=O)[O-])cc1. The highest BCUT2D eigenvalue weighted by Crippen LogP contribution is 2.28. The first-order valence-corrected chi connectivity index (χ1v) is 6.53. The standard InChI is InChI=1S/C16H14N2O3/c1-2-12-3-5-13(6-4-12)11-21-16-8-7-14(10-17)9-15(16)18(19)20/h3-9H,2,11H2,1H3. The van der Waals surface area contributed by atoms with Gasteiger partial charge >= 0.3 is 5.69 Å². The Morgan fingerprint density at radius 3 is 2.43 bits per heavy atom. The zero-order valence-electron chi connectivity index (χ0n) is 11.6. The van der Waals surface area contributed by atoms with Crippen LogP contribution < -0.4 is 4.74 Å². The molecule has 0 atom stereocenters. The summed E-state index contributed by atoms with van der Waals surface area (Å²) in [4.78, 5) is 10.5. The van der Waals surface area contributed by atoms with Crippen LogP contribution in [-0.2, 0) is 13.0 Å². The van der Waals surface area contributed by atoms with E-state index in [1.54, 1.807) is 0 Å². The van der Waals surface area contributed by atoms with E-state index < -0.39 is 4.92 Å². The third-order valence-electron chi connectivity index (χ3n) is 3.11. The van der Waals surface area contributed by atoms with Gasteiger partial charge in [-0.2, -0.15) is 5.26 Å². The Hall–Kier alpha value is -2.87. The van der Waals surface area contributed by atoms with Crippen molar-refractivity contribution in [3.05, 3.63) is 69.3 Å². The van der Waals surface area contributed by atoms with Crippen molar-refractivity contribution in [1.29, 1.82) is 5.26 Å². The summed E-state index contributed by atoms with van der Waals surface area (Å²) < 4.78 is 5.51. The maximum atomic E-state index is 11.0. The molecule has 2 aromatic rings. The second-order valence-electron chi connectivity index (χ2n) is 4.51. The van der Waals surface area contributed by atoms with Crippen LogP contribution in [0.1, 0.15) is 23.6 Å². The maximum Gasteiger partial charge on any atom is 0.312 e. The molecule has 0 aromatic heterocycles. The van der Waals surface area contributed by atoms with E-state index in [2.05, 4.69) is 6.92 Å².